The van der Waals surface area contributed by atoms with E-state index in [1.54, 1.807) is 12.1 Å². The minimum Gasteiger partial charge on any atom is -0.310 e. The number of nitrogens with zero attached hydrogens (tertiary/aromatic N) is 5. The van der Waals surface area contributed by atoms with Crippen LogP contribution in [0.1, 0.15) is 19.7 Å². The highest BCUT2D eigenvalue weighted by molar-refractivity contribution is 5.42. The van der Waals surface area contributed by atoms with Gasteiger partial charge in [0.2, 0.25) is 0 Å². The largest absolute Gasteiger partial charge is 0.310 e. The standard InChI is InChI=1S/C12H16N6O2/c1-9(2)7-13-8-12-14-15-16-17(12)10-4-3-5-11(6-10)18(19)20/h3-6,9,13H,7-8H2,1-2H3. The van der Waals surface area contributed by atoms with Gasteiger partial charge in [0.05, 0.1) is 17.2 Å². The quantitative estimate of drug-likeness (QED) is 0.631. The van der Waals surface area contributed by atoms with Gasteiger partial charge in [0.15, 0.2) is 5.82 Å². The van der Waals surface area contributed by atoms with E-state index >= 15 is 0 Å². The van der Waals surface area contributed by atoms with Gasteiger partial charge in [-0.2, -0.15) is 4.68 Å². The van der Waals surface area contributed by atoms with E-state index in [1.807, 2.05) is 0 Å². The van der Waals surface area contributed by atoms with Crippen LogP contribution in [0.4, 0.5) is 5.69 Å². The molecule has 0 atom stereocenters. The summed E-state index contributed by atoms with van der Waals surface area (Å²) in [5.74, 6) is 1.14. The average molecular weight is 276 g/mol. The monoisotopic (exact) mass is 276 g/mol. The lowest BCUT2D eigenvalue weighted by Gasteiger charge is -2.07. The molecule has 0 unspecified atom stereocenters. The Bertz CT molecular complexity index is 595. The first kappa shape index (κ1) is 14.1. The van der Waals surface area contributed by atoms with Crippen molar-refractivity contribution < 1.29 is 4.92 Å². The minimum absolute atomic E-state index is 0.0130. The second-order valence-corrected chi connectivity index (χ2v) is 4.81. The number of nitro groups is 1. The Kier molecular flexibility index (Phi) is 4.36. The molecule has 0 radical (unpaired) electrons. The molecule has 0 aliphatic heterocycles. The molecule has 0 saturated carbocycles. The zero-order valence-corrected chi connectivity index (χ0v) is 11.4. The first-order chi connectivity index (χ1) is 9.58. The van der Waals surface area contributed by atoms with Gasteiger partial charge in [-0.15, -0.1) is 5.10 Å². The summed E-state index contributed by atoms with van der Waals surface area (Å²) in [6, 6.07) is 6.22. The van der Waals surface area contributed by atoms with Crippen LogP contribution in [-0.4, -0.2) is 31.7 Å². The molecule has 106 valence electrons. The summed E-state index contributed by atoms with van der Waals surface area (Å²) in [4.78, 5) is 10.3. The van der Waals surface area contributed by atoms with Crippen molar-refractivity contribution in [2.45, 2.75) is 20.4 Å². The predicted octanol–water partition coefficient (Wildman–Crippen LogP) is 1.32. The second-order valence-electron chi connectivity index (χ2n) is 4.81. The number of benzene rings is 1. The Morgan fingerprint density at radius 2 is 2.25 bits per heavy atom. The molecule has 8 nitrogen and oxygen atoms in total. The first-order valence-electron chi connectivity index (χ1n) is 6.30. The minimum atomic E-state index is -0.440. The lowest BCUT2D eigenvalue weighted by molar-refractivity contribution is -0.384. The van der Waals surface area contributed by atoms with E-state index < -0.39 is 4.92 Å². The van der Waals surface area contributed by atoms with Crippen LogP contribution in [0.5, 0.6) is 0 Å². The number of nitro benzene ring substituents is 1. The molecular formula is C12H16N6O2. The van der Waals surface area contributed by atoms with E-state index in [0.717, 1.165) is 6.54 Å². The third-order valence-corrected chi connectivity index (χ3v) is 2.65. The molecule has 0 amide bonds. The molecule has 2 aromatic rings. The Morgan fingerprint density at radius 3 is 2.95 bits per heavy atom. The van der Waals surface area contributed by atoms with Crippen LogP contribution in [0.25, 0.3) is 5.69 Å². The van der Waals surface area contributed by atoms with Gasteiger partial charge in [-0.05, 0) is 29.0 Å². The van der Waals surface area contributed by atoms with E-state index in [9.17, 15) is 10.1 Å². The summed E-state index contributed by atoms with van der Waals surface area (Å²) >= 11 is 0. The van der Waals surface area contributed by atoms with Crippen molar-refractivity contribution in [1.82, 2.24) is 25.5 Å². The van der Waals surface area contributed by atoms with Crippen molar-refractivity contribution in [3.63, 3.8) is 0 Å². The molecule has 1 aromatic heterocycles. The number of tetrazole rings is 1. The van der Waals surface area contributed by atoms with Crippen LogP contribution in [0.15, 0.2) is 24.3 Å². The zero-order valence-electron chi connectivity index (χ0n) is 11.4. The van der Waals surface area contributed by atoms with Crippen molar-refractivity contribution in [2.24, 2.45) is 5.92 Å². The molecule has 1 N–H and O–H groups in total. The summed E-state index contributed by atoms with van der Waals surface area (Å²) in [6.45, 7) is 5.57. The maximum Gasteiger partial charge on any atom is 0.271 e. The number of hydrogen-bond acceptors (Lipinski definition) is 6. The molecule has 8 heteroatoms. The average Bonchev–Trinajstić information content (AvgIpc) is 2.87. The lowest BCUT2D eigenvalue weighted by Crippen LogP contribution is -2.21. The maximum absolute atomic E-state index is 10.8. The predicted molar refractivity (Wildman–Crippen MR) is 72.4 cm³/mol. The summed E-state index contributed by atoms with van der Waals surface area (Å²) in [5, 5.41) is 25.5. The molecule has 0 saturated heterocycles. The SMILES string of the molecule is CC(C)CNCc1nnnn1-c1cccc([N+](=O)[O-])c1. The molecule has 20 heavy (non-hydrogen) atoms. The van der Waals surface area contributed by atoms with Crippen molar-refractivity contribution in [3.8, 4) is 5.69 Å². The highest BCUT2D eigenvalue weighted by atomic mass is 16.6. The summed E-state index contributed by atoms with van der Waals surface area (Å²) in [7, 11) is 0. The number of hydrogen-bond donors (Lipinski definition) is 1. The molecule has 0 aliphatic rings. The summed E-state index contributed by atoms with van der Waals surface area (Å²) in [6.07, 6.45) is 0. The Hall–Kier alpha value is -2.35. The van der Waals surface area contributed by atoms with Crippen molar-refractivity contribution in [3.05, 3.63) is 40.2 Å². The van der Waals surface area contributed by atoms with E-state index in [1.165, 1.54) is 16.8 Å². The molecule has 2 rings (SSSR count). The van der Waals surface area contributed by atoms with E-state index in [2.05, 4.69) is 34.7 Å². The van der Waals surface area contributed by atoms with Crippen LogP contribution in [0, 0.1) is 16.0 Å². The molecule has 1 heterocycles. The van der Waals surface area contributed by atoms with Crippen LogP contribution in [0.3, 0.4) is 0 Å². The van der Waals surface area contributed by atoms with E-state index in [4.69, 9.17) is 0 Å². The Balaban J connectivity index is 2.19. The van der Waals surface area contributed by atoms with Gasteiger partial charge in [0, 0.05) is 12.1 Å². The molecule has 0 bridgehead atoms. The van der Waals surface area contributed by atoms with Gasteiger partial charge < -0.3 is 5.32 Å². The van der Waals surface area contributed by atoms with Crippen LogP contribution >= 0.6 is 0 Å². The molecular weight excluding hydrogens is 260 g/mol. The highest BCUT2D eigenvalue weighted by Gasteiger charge is 2.12. The van der Waals surface area contributed by atoms with Crippen LogP contribution < -0.4 is 5.32 Å². The fourth-order valence-corrected chi connectivity index (χ4v) is 1.73. The van der Waals surface area contributed by atoms with E-state index in [0.29, 0.717) is 24.0 Å². The first-order valence-corrected chi connectivity index (χ1v) is 6.30. The third kappa shape index (κ3) is 3.35. The van der Waals surface area contributed by atoms with Gasteiger partial charge >= 0.3 is 0 Å². The van der Waals surface area contributed by atoms with Gasteiger partial charge in [-0.25, -0.2) is 0 Å². The number of aromatic nitrogens is 4. The normalized spacial score (nSPS) is 10.9. The fourth-order valence-electron chi connectivity index (χ4n) is 1.73. The van der Waals surface area contributed by atoms with Crippen LogP contribution in [0.2, 0.25) is 0 Å². The molecule has 0 fully saturated rings. The number of rotatable bonds is 6. The van der Waals surface area contributed by atoms with Crippen molar-refractivity contribution in [1.29, 1.82) is 0 Å². The van der Waals surface area contributed by atoms with Gasteiger partial charge in [-0.3, -0.25) is 10.1 Å². The highest BCUT2D eigenvalue weighted by Crippen LogP contribution is 2.16. The lowest BCUT2D eigenvalue weighted by atomic mass is 10.2. The second kappa shape index (κ2) is 6.20. The molecule has 1 aromatic carbocycles. The van der Waals surface area contributed by atoms with Gasteiger partial charge in [0.25, 0.3) is 5.69 Å². The molecule has 0 spiro atoms. The molecule has 0 aliphatic carbocycles. The van der Waals surface area contributed by atoms with Crippen molar-refractivity contribution in [2.75, 3.05) is 6.54 Å². The topological polar surface area (TPSA) is 98.8 Å². The van der Waals surface area contributed by atoms with Crippen LogP contribution in [-0.2, 0) is 6.54 Å². The van der Waals surface area contributed by atoms with Gasteiger partial charge in [-0.1, -0.05) is 19.9 Å². The smallest absolute Gasteiger partial charge is 0.271 e. The summed E-state index contributed by atoms with van der Waals surface area (Å²) < 4.78 is 1.50. The zero-order chi connectivity index (χ0) is 14.5. The van der Waals surface area contributed by atoms with Gasteiger partial charge in [0.1, 0.15) is 0 Å². The third-order valence-electron chi connectivity index (χ3n) is 2.65. The Morgan fingerprint density at radius 1 is 1.45 bits per heavy atom. The van der Waals surface area contributed by atoms with E-state index in [-0.39, 0.29) is 5.69 Å². The Labute approximate surface area is 115 Å². The summed E-state index contributed by atoms with van der Waals surface area (Å²) in [5.41, 5.74) is 0.588. The maximum atomic E-state index is 10.8. The fraction of sp³-hybridized carbons (Fsp3) is 0.417. The number of nitrogens with one attached hydrogen (secondary N) is 1. The van der Waals surface area contributed by atoms with Crippen molar-refractivity contribution >= 4 is 5.69 Å². The number of non-ortho nitro benzene ring substituents is 1.